The van der Waals surface area contributed by atoms with Gasteiger partial charge in [-0.3, -0.25) is 9.59 Å². The lowest BCUT2D eigenvalue weighted by atomic mass is 10.1. The molecule has 4 rings (SSSR count). The molecular weight excluding hydrogens is 446 g/mol. The minimum absolute atomic E-state index is 0.126. The summed E-state index contributed by atoms with van der Waals surface area (Å²) in [7, 11) is 0. The van der Waals surface area contributed by atoms with Crippen LogP contribution in [0.4, 0.5) is 0 Å². The van der Waals surface area contributed by atoms with E-state index in [1.807, 2.05) is 42.5 Å². The summed E-state index contributed by atoms with van der Waals surface area (Å²) in [6.07, 6.45) is 3.16. The molecule has 8 heteroatoms. The molecule has 0 aliphatic heterocycles. The van der Waals surface area contributed by atoms with Gasteiger partial charge in [0.2, 0.25) is 5.91 Å². The molecule has 0 radical (unpaired) electrons. The summed E-state index contributed by atoms with van der Waals surface area (Å²) >= 11 is 3.40. The second kappa shape index (κ2) is 9.04. The molecule has 7 nitrogen and oxygen atoms in total. The number of carbonyl (C=O) groups is 1. The molecule has 0 fully saturated rings. The Morgan fingerprint density at radius 2 is 1.83 bits per heavy atom. The Labute approximate surface area is 181 Å². The van der Waals surface area contributed by atoms with E-state index in [-0.39, 0.29) is 18.0 Å². The number of halogens is 1. The third-order valence-corrected chi connectivity index (χ3v) is 5.26. The number of hydrogen-bond acceptors (Lipinski definition) is 4. The average Bonchev–Trinajstić information content (AvgIpc) is 3.20. The van der Waals surface area contributed by atoms with Crippen molar-refractivity contribution in [3.63, 3.8) is 0 Å². The fourth-order valence-electron chi connectivity index (χ4n) is 3.17. The summed E-state index contributed by atoms with van der Waals surface area (Å²) in [5.74, 6) is -0.241. The molecule has 0 saturated heterocycles. The molecule has 1 N–H and O–H groups in total. The van der Waals surface area contributed by atoms with Crippen LogP contribution in [-0.4, -0.2) is 31.8 Å². The van der Waals surface area contributed by atoms with Gasteiger partial charge in [0.15, 0.2) is 0 Å². The van der Waals surface area contributed by atoms with Crippen LogP contribution in [0.15, 0.2) is 76.3 Å². The zero-order chi connectivity index (χ0) is 20.9. The van der Waals surface area contributed by atoms with Gasteiger partial charge in [-0.2, -0.15) is 10.2 Å². The van der Waals surface area contributed by atoms with Crippen LogP contribution in [0.2, 0.25) is 0 Å². The van der Waals surface area contributed by atoms with Gasteiger partial charge in [-0.1, -0.05) is 58.4 Å². The summed E-state index contributed by atoms with van der Waals surface area (Å²) < 4.78 is 3.57. The first-order chi connectivity index (χ1) is 14.6. The van der Waals surface area contributed by atoms with E-state index in [0.29, 0.717) is 17.8 Å². The molecule has 2 heterocycles. The largest absolute Gasteiger partial charge is 0.354 e. The molecule has 2 aromatic carbocycles. The topological polar surface area (TPSA) is 81.3 Å². The van der Waals surface area contributed by atoms with Crippen LogP contribution in [0.5, 0.6) is 0 Å². The zero-order valence-electron chi connectivity index (χ0n) is 16.2. The Bertz CT molecular complexity index is 1220. The number of benzene rings is 2. The highest BCUT2D eigenvalue weighted by molar-refractivity contribution is 9.10. The standard InChI is InChI=1S/C22H20BrN5O2/c23-18-10-8-17(9-11-18)19-13-20-22(30)27(25-15-28(20)26-19)14-21(29)24-12-4-7-16-5-2-1-3-6-16/h1-3,5-6,8-11,13,15H,4,7,12,14H2,(H,24,29). The van der Waals surface area contributed by atoms with Crippen molar-refractivity contribution in [2.75, 3.05) is 6.54 Å². The van der Waals surface area contributed by atoms with Gasteiger partial charge in [0.05, 0.1) is 5.69 Å². The summed E-state index contributed by atoms with van der Waals surface area (Å²) in [5, 5.41) is 11.3. The second-order valence-corrected chi connectivity index (χ2v) is 7.81. The van der Waals surface area contributed by atoms with E-state index in [1.54, 1.807) is 6.07 Å². The predicted octanol–water partition coefficient (Wildman–Crippen LogP) is 3.07. The van der Waals surface area contributed by atoms with Crippen molar-refractivity contribution in [3.05, 3.63) is 87.4 Å². The lowest BCUT2D eigenvalue weighted by Gasteiger charge is -2.07. The maximum atomic E-state index is 12.7. The number of amides is 1. The summed E-state index contributed by atoms with van der Waals surface area (Å²) in [4.78, 5) is 25.0. The van der Waals surface area contributed by atoms with E-state index < -0.39 is 0 Å². The van der Waals surface area contributed by atoms with E-state index in [4.69, 9.17) is 0 Å². The molecule has 30 heavy (non-hydrogen) atoms. The Kier molecular flexibility index (Phi) is 6.04. The zero-order valence-corrected chi connectivity index (χ0v) is 17.7. The molecule has 0 bridgehead atoms. The van der Waals surface area contributed by atoms with Gasteiger partial charge in [-0.25, -0.2) is 9.20 Å². The minimum atomic E-state index is -0.354. The number of carbonyl (C=O) groups excluding carboxylic acids is 1. The summed E-state index contributed by atoms with van der Waals surface area (Å²) in [5.41, 5.74) is 2.82. The highest BCUT2D eigenvalue weighted by atomic mass is 79.9. The van der Waals surface area contributed by atoms with Crippen molar-refractivity contribution in [2.45, 2.75) is 19.4 Å². The number of rotatable bonds is 7. The third-order valence-electron chi connectivity index (χ3n) is 4.73. The van der Waals surface area contributed by atoms with Gasteiger partial charge in [-0.15, -0.1) is 0 Å². The van der Waals surface area contributed by atoms with Crippen molar-refractivity contribution in [3.8, 4) is 11.3 Å². The van der Waals surface area contributed by atoms with Gasteiger partial charge >= 0.3 is 0 Å². The fourth-order valence-corrected chi connectivity index (χ4v) is 3.43. The lowest BCUT2D eigenvalue weighted by molar-refractivity contribution is -0.121. The first-order valence-electron chi connectivity index (χ1n) is 9.62. The molecule has 4 aromatic rings. The summed E-state index contributed by atoms with van der Waals surface area (Å²) in [6.45, 7) is 0.421. The normalized spacial score (nSPS) is 11.0. The quantitative estimate of drug-likeness (QED) is 0.425. The highest BCUT2D eigenvalue weighted by Gasteiger charge is 2.12. The Hall–Kier alpha value is -3.26. The van der Waals surface area contributed by atoms with Crippen LogP contribution in [0.3, 0.4) is 0 Å². The molecule has 2 aromatic heterocycles. The minimum Gasteiger partial charge on any atom is -0.354 e. The first kappa shape index (κ1) is 20.0. The molecule has 0 atom stereocenters. The van der Waals surface area contributed by atoms with E-state index in [0.717, 1.165) is 27.6 Å². The van der Waals surface area contributed by atoms with Gasteiger partial charge in [0.25, 0.3) is 5.56 Å². The SMILES string of the molecule is O=C(Cn1ncn2nc(-c3ccc(Br)cc3)cc2c1=O)NCCCc1ccccc1. The molecule has 152 valence electrons. The van der Waals surface area contributed by atoms with E-state index in [1.165, 1.54) is 16.4 Å². The van der Waals surface area contributed by atoms with Gasteiger partial charge in [-0.05, 0) is 36.6 Å². The van der Waals surface area contributed by atoms with E-state index >= 15 is 0 Å². The lowest BCUT2D eigenvalue weighted by Crippen LogP contribution is -2.34. The van der Waals surface area contributed by atoms with Gasteiger partial charge in [0.1, 0.15) is 18.4 Å². The van der Waals surface area contributed by atoms with Crippen LogP contribution < -0.4 is 10.9 Å². The fraction of sp³-hybridized carbons (Fsp3) is 0.182. The Morgan fingerprint density at radius 3 is 2.60 bits per heavy atom. The maximum absolute atomic E-state index is 12.7. The number of aryl methyl sites for hydroxylation is 1. The molecule has 0 unspecified atom stereocenters. The first-order valence-corrected chi connectivity index (χ1v) is 10.4. The van der Waals surface area contributed by atoms with Gasteiger partial charge in [0, 0.05) is 16.6 Å². The maximum Gasteiger partial charge on any atom is 0.293 e. The predicted molar refractivity (Wildman–Crippen MR) is 118 cm³/mol. The van der Waals surface area contributed by atoms with Crippen LogP contribution in [-0.2, 0) is 17.8 Å². The van der Waals surface area contributed by atoms with Crippen molar-refractivity contribution in [1.29, 1.82) is 0 Å². The average molecular weight is 466 g/mol. The van der Waals surface area contributed by atoms with Crippen molar-refractivity contribution in [2.24, 2.45) is 0 Å². The molecule has 0 saturated carbocycles. The second-order valence-electron chi connectivity index (χ2n) is 6.90. The Morgan fingerprint density at radius 1 is 1.07 bits per heavy atom. The molecule has 1 amide bonds. The van der Waals surface area contributed by atoms with Crippen molar-refractivity contribution < 1.29 is 4.79 Å². The van der Waals surface area contributed by atoms with Crippen LogP contribution >= 0.6 is 15.9 Å². The number of nitrogens with zero attached hydrogens (tertiary/aromatic N) is 4. The Balaban J connectivity index is 1.40. The highest BCUT2D eigenvalue weighted by Crippen LogP contribution is 2.20. The number of nitrogens with one attached hydrogen (secondary N) is 1. The molecule has 0 aliphatic carbocycles. The van der Waals surface area contributed by atoms with Crippen molar-refractivity contribution >= 4 is 27.4 Å². The van der Waals surface area contributed by atoms with Crippen LogP contribution in [0, 0.1) is 0 Å². The molecule has 0 aliphatic rings. The third kappa shape index (κ3) is 4.65. The monoisotopic (exact) mass is 465 g/mol. The summed E-state index contributed by atoms with van der Waals surface area (Å²) in [6, 6.07) is 19.5. The van der Waals surface area contributed by atoms with Crippen molar-refractivity contribution in [1.82, 2.24) is 24.7 Å². The van der Waals surface area contributed by atoms with Crippen LogP contribution in [0.25, 0.3) is 16.8 Å². The number of aromatic nitrogens is 4. The number of hydrogen-bond donors (Lipinski definition) is 1. The number of fused-ring (bicyclic) bond motifs is 1. The van der Waals surface area contributed by atoms with E-state index in [2.05, 4.69) is 43.6 Å². The smallest absolute Gasteiger partial charge is 0.293 e. The van der Waals surface area contributed by atoms with Gasteiger partial charge < -0.3 is 5.32 Å². The van der Waals surface area contributed by atoms with Crippen LogP contribution in [0.1, 0.15) is 12.0 Å². The molecular formula is C22H20BrN5O2. The molecule has 0 spiro atoms. The van der Waals surface area contributed by atoms with E-state index in [9.17, 15) is 9.59 Å².